The third-order valence-corrected chi connectivity index (χ3v) is 4.85. The molecule has 2 aliphatic rings. The fourth-order valence-electron chi connectivity index (χ4n) is 3.43. The molecule has 2 fully saturated rings. The minimum atomic E-state index is -0.615. The molecule has 2 N–H and O–H groups in total. The summed E-state index contributed by atoms with van der Waals surface area (Å²) in [5, 5.41) is 6.40. The molecule has 0 aromatic carbocycles. The molecule has 0 aromatic rings. The Labute approximate surface area is 153 Å². The third-order valence-electron chi connectivity index (χ3n) is 4.85. The predicted octanol–water partition coefficient (Wildman–Crippen LogP) is 1.84. The SMILES string of the molecule is COC1(C(=O)NCC(C)CN2CCCCC2)CCNCC1.Cl.Cl. The highest BCUT2D eigenvalue weighted by Crippen LogP contribution is 2.22. The van der Waals surface area contributed by atoms with Gasteiger partial charge in [-0.2, -0.15) is 0 Å². The van der Waals surface area contributed by atoms with Crippen LogP contribution in [0.4, 0.5) is 0 Å². The van der Waals surface area contributed by atoms with Gasteiger partial charge in [0.1, 0.15) is 5.60 Å². The first-order valence-corrected chi connectivity index (χ1v) is 8.43. The lowest BCUT2D eigenvalue weighted by Gasteiger charge is -2.35. The standard InChI is InChI=1S/C16H31N3O2.2ClH/c1-14(13-19-10-4-3-5-11-19)12-18-15(20)16(21-2)6-8-17-9-7-16;;/h14,17H,3-13H2,1-2H3,(H,18,20);2*1H. The van der Waals surface area contributed by atoms with Crippen LogP contribution < -0.4 is 10.6 Å². The van der Waals surface area contributed by atoms with Crippen molar-refractivity contribution in [1.29, 1.82) is 0 Å². The zero-order valence-electron chi connectivity index (χ0n) is 14.4. The molecule has 1 atom stereocenters. The van der Waals surface area contributed by atoms with E-state index in [-0.39, 0.29) is 30.7 Å². The Morgan fingerprint density at radius 2 is 1.83 bits per heavy atom. The van der Waals surface area contributed by atoms with E-state index < -0.39 is 5.60 Å². The van der Waals surface area contributed by atoms with E-state index in [2.05, 4.69) is 22.5 Å². The monoisotopic (exact) mass is 369 g/mol. The molecule has 138 valence electrons. The number of amides is 1. The van der Waals surface area contributed by atoms with Gasteiger partial charge in [-0.25, -0.2) is 0 Å². The van der Waals surface area contributed by atoms with E-state index in [0.717, 1.165) is 39.0 Å². The van der Waals surface area contributed by atoms with Crippen LogP contribution in [0.1, 0.15) is 39.0 Å². The molecular weight excluding hydrogens is 337 g/mol. The van der Waals surface area contributed by atoms with Crippen molar-refractivity contribution in [2.45, 2.75) is 44.6 Å². The number of halogens is 2. The number of carbonyl (C=O) groups excluding carboxylic acids is 1. The van der Waals surface area contributed by atoms with Crippen molar-refractivity contribution in [2.75, 3.05) is 46.4 Å². The lowest BCUT2D eigenvalue weighted by atomic mass is 9.91. The molecule has 5 nitrogen and oxygen atoms in total. The minimum Gasteiger partial charge on any atom is -0.368 e. The number of methoxy groups -OCH3 is 1. The maximum atomic E-state index is 12.5. The second kappa shape index (κ2) is 11.5. The summed E-state index contributed by atoms with van der Waals surface area (Å²) in [4.78, 5) is 15.0. The van der Waals surface area contributed by atoms with Crippen LogP contribution in [-0.2, 0) is 9.53 Å². The van der Waals surface area contributed by atoms with Gasteiger partial charge in [-0.05, 0) is 57.8 Å². The maximum Gasteiger partial charge on any atom is 0.252 e. The summed E-state index contributed by atoms with van der Waals surface area (Å²) in [5.41, 5.74) is -0.615. The van der Waals surface area contributed by atoms with E-state index in [4.69, 9.17) is 4.74 Å². The minimum absolute atomic E-state index is 0. The zero-order valence-corrected chi connectivity index (χ0v) is 16.1. The average Bonchev–Trinajstić information content (AvgIpc) is 2.54. The zero-order chi connectivity index (χ0) is 15.1. The van der Waals surface area contributed by atoms with Crippen molar-refractivity contribution in [3.05, 3.63) is 0 Å². The molecule has 2 rings (SSSR count). The van der Waals surface area contributed by atoms with Crippen molar-refractivity contribution in [2.24, 2.45) is 5.92 Å². The van der Waals surface area contributed by atoms with Crippen LogP contribution in [0.3, 0.4) is 0 Å². The number of hydrogen-bond acceptors (Lipinski definition) is 4. The molecule has 0 bridgehead atoms. The Balaban J connectivity index is 0.00000242. The van der Waals surface area contributed by atoms with Crippen LogP contribution in [-0.4, -0.2) is 62.8 Å². The predicted molar refractivity (Wildman–Crippen MR) is 98.8 cm³/mol. The highest BCUT2D eigenvalue weighted by atomic mass is 35.5. The first kappa shape index (κ1) is 22.9. The Morgan fingerprint density at radius 1 is 1.22 bits per heavy atom. The molecule has 0 saturated carbocycles. The van der Waals surface area contributed by atoms with Gasteiger partial charge in [-0.1, -0.05) is 13.3 Å². The number of likely N-dealkylation sites (tertiary alicyclic amines) is 1. The summed E-state index contributed by atoms with van der Waals surface area (Å²) in [5.74, 6) is 0.555. The van der Waals surface area contributed by atoms with Gasteiger partial charge in [0.2, 0.25) is 0 Å². The first-order chi connectivity index (χ1) is 10.2. The molecule has 0 aliphatic carbocycles. The summed E-state index contributed by atoms with van der Waals surface area (Å²) in [6.45, 7) is 8.18. The van der Waals surface area contributed by atoms with E-state index >= 15 is 0 Å². The molecule has 0 spiro atoms. The molecule has 0 aromatic heterocycles. The molecule has 23 heavy (non-hydrogen) atoms. The van der Waals surface area contributed by atoms with Crippen LogP contribution in [0.2, 0.25) is 0 Å². The Kier molecular flexibility index (Phi) is 11.4. The van der Waals surface area contributed by atoms with Crippen molar-refractivity contribution in [1.82, 2.24) is 15.5 Å². The normalized spacial score (nSPS) is 22.3. The summed E-state index contributed by atoms with van der Waals surface area (Å²) in [7, 11) is 1.65. The van der Waals surface area contributed by atoms with Gasteiger partial charge >= 0.3 is 0 Å². The van der Waals surface area contributed by atoms with Gasteiger partial charge in [-0.3, -0.25) is 4.79 Å². The number of ether oxygens (including phenoxy) is 1. The Hall–Kier alpha value is -0.0700. The van der Waals surface area contributed by atoms with Gasteiger partial charge in [0.05, 0.1) is 0 Å². The number of carbonyl (C=O) groups is 1. The van der Waals surface area contributed by atoms with Gasteiger partial charge in [-0.15, -0.1) is 24.8 Å². The van der Waals surface area contributed by atoms with E-state index in [1.165, 1.54) is 32.4 Å². The smallest absolute Gasteiger partial charge is 0.252 e. The molecule has 2 saturated heterocycles. The van der Waals surface area contributed by atoms with Crippen molar-refractivity contribution in [3.63, 3.8) is 0 Å². The highest BCUT2D eigenvalue weighted by molar-refractivity contribution is 5.86. The first-order valence-electron chi connectivity index (χ1n) is 8.43. The summed E-state index contributed by atoms with van der Waals surface area (Å²) >= 11 is 0. The quantitative estimate of drug-likeness (QED) is 0.749. The van der Waals surface area contributed by atoms with Gasteiger partial charge in [0, 0.05) is 20.2 Å². The van der Waals surface area contributed by atoms with E-state index in [1.54, 1.807) is 7.11 Å². The van der Waals surface area contributed by atoms with Crippen molar-refractivity contribution in [3.8, 4) is 0 Å². The van der Waals surface area contributed by atoms with E-state index in [1.807, 2.05) is 0 Å². The molecule has 1 amide bonds. The molecular formula is C16H33Cl2N3O2. The lowest BCUT2D eigenvalue weighted by Crippen LogP contribution is -2.55. The Bertz CT molecular complexity index is 333. The number of nitrogens with zero attached hydrogens (tertiary/aromatic N) is 1. The van der Waals surface area contributed by atoms with Crippen LogP contribution in [0.15, 0.2) is 0 Å². The topological polar surface area (TPSA) is 53.6 Å². The maximum absolute atomic E-state index is 12.5. The summed E-state index contributed by atoms with van der Waals surface area (Å²) < 4.78 is 5.56. The summed E-state index contributed by atoms with van der Waals surface area (Å²) in [6, 6.07) is 0. The molecule has 1 unspecified atom stereocenters. The molecule has 7 heteroatoms. The fraction of sp³-hybridized carbons (Fsp3) is 0.938. The number of rotatable bonds is 6. The second-order valence-corrected chi connectivity index (χ2v) is 6.62. The van der Waals surface area contributed by atoms with Crippen molar-refractivity contribution < 1.29 is 9.53 Å². The fourth-order valence-corrected chi connectivity index (χ4v) is 3.43. The van der Waals surface area contributed by atoms with Crippen molar-refractivity contribution >= 4 is 30.7 Å². The summed E-state index contributed by atoms with van der Waals surface area (Å²) in [6.07, 6.45) is 5.52. The van der Waals surface area contributed by atoms with E-state index in [9.17, 15) is 4.79 Å². The van der Waals surface area contributed by atoms with Crippen LogP contribution >= 0.6 is 24.8 Å². The van der Waals surface area contributed by atoms with Gasteiger partial charge in [0.25, 0.3) is 5.91 Å². The lowest BCUT2D eigenvalue weighted by molar-refractivity contribution is -0.146. The molecule has 2 heterocycles. The highest BCUT2D eigenvalue weighted by Gasteiger charge is 2.39. The van der Waals surface area contributed by atoms with Gasteiger partial charge in [0.15, 0.2) is 0 Å². The molecule has 2 aliphatic heterocycles. The van der Waals surface area contributed by atoms with E-state index in [0.29, 0.717) is 5.92 Å². The second-order valence-electron chi connectivity index (χ2n) is 6.62. The van der Waals surface area contributed by atoms with Crippen LogP contribution in [0, 0.1) is 5.92 Å². The Morgan fingerprint density at radius 3 is 2.39 bits per heavy atom. The van der Waals surface area contributed by atoms with Gasteiger partial charge < -0.3 is 20.3 Å². The number of nitrogens with one attached hydrogen (secondary N) is 2. The number of hydrogen-bond donors (Lipinski definition) is 2. The average molecular weight is 370 g/mol. The van der Waals surface area contributed by atoms with Crippen LogP contribution in [0.25, 0.3) is 0 Å². The largest absolute Gasteiger partial charge is 0.368 e. The number of piperidine rings is 2. The molecule has 0 radical (unpaired) electrons. The third kappa shape index (κ3) is 6.75. The van der Waals surface area contributed by atoms with Crippen LogP contribution in [0.5, 0.6) is 0 Å².